The number of methoxy groups -OCH3 is 1. The van der Waals surface area contributed by atoms with Crippen molar-refractivity contribution in [3.63, 3.8) is 0 Å². The summed E-state index contributed by atoms with van der Waals surface area (Å²) in [4.78, 5) is 23.4. The van der Waals surface area contributed by atoms with Crippen molar-refractivity contribution in [2.24, 2.45) is 0 Å². The van der Waals surface area contributed by atoms with Crippen LogP contribution in [0.3, 0.4) is 0 Å². The van der Waals surface area contributed by atoms with E-state index < -0.39 is 11.8 Å². The largest absolute Gasteiger partial charge is 0.478 e. The lowest BCUT2D eigenvalue weighted by Crippen LogP contribution is -2.33. The summed E-state index contributed by atoms with van der Waals surface area (Å²) in [6.07, 6.45) is 1.87. The standard InChI is InChI=1S/C29H30ClFN4O4/c1-38-14-13-35-26-15-20(29(36)37)6-8-25(26)32-27(35)17-34-11-9-19(10-12-34)24-3-2-4-28(33-24)39-18-21-5-7-22(30)16-23(21)31/h2-8,15-16,19H,9-14,17-18H2,1H3,(H,36,37). The van der Waals surface area contributed by atoms with Crippen LogP contribution in [0.2, 0.25) is 5.02 Å². The van der Waals surface area contributed by atoms with Crippen molar-refractivity contribution < 1.29 is 23.8 Å². The summed E-state index contributed by atoms with van der Waals surface area (Å²) in [6, 6.07) is 15.3. The zero-order chi connectivity index (χ0) is 27.4. The van der Waals surface area contributed by atoms with E-state index in [4.69, 9.17) is 31.0 Å². The van der Waals surface area contributed by atoms with Crippen LogP contribution in [0.25, 0.3) is 11.0 Å². The topological polar surface area (TPSA) is 89.7 Å². The van der Waals surface area contributed by atoms with E-state index in [9.17, 15) is 14.3 Å². The normalized spacial score (nSPS) is 14.6. The van der Waals surface area contributed by atoms with Gasteiger partial charge in [-0.25, -0.2) is 19.2 Å². The molecule has 1 aliphatic heterocycles. The van der Waals surface area contributed by atoms with E-state index in [-0.39, 0.29) is 12.2 Å². The third-order valence-electron chi connectivity index (χ3n) is 7.10. The summed E-state index contributed by atoms with van der Waals surface area (Å²) in [5, 5.41) is 9.77. The molecule has 5 rings (SSSR count). The second-order valence-electron chi connectivity index (χ2n) is 9.66. The summed E-state index contributed by atoms with van der Waals surface area (Å²) in [5.41, 5.74) is 3.22. The lowest BCUT2D eigenvalue weighted by Gasteiger charge is -2.31. The highest BCUT2D eigenvalue weighted by atomic mass is 35.5. The summed E-state index contributed by atoms with van der Waals surface area (Å²) < 4.78 is 27.2. The number of carboxylic acids is 1. The van der Waals surface area contributed by atoms with Gasteiger partial charge < -0.3 is 19.1 Å². The fourth-order valence-electron chi connectivity index (χ4n) is 4.97. The van der Waals surface area contributed by atoms with Crippen LogP contribution in [0.4, 0.5) is 4.39 Å². The van der Waals surface area contributed by atoms with E-state index in [1.54, 1.807) is 43.5 Å². The number of imidazole rings is 1. The number of pyridine rings is 1. The Labute approximate surface area is 231 Å². The molecule has 2 aromatic carbocycles. The average molecular weight is 553 g/mol. The second-order valence-corrected chi connectivity index (χ2v) is 10.1. The van der Waals surface area contributed by atoms with E-state index >= 15 is 0 Å². The van der Waals surface area contributed by atoms with Crippen LogP contribution >= 0.6 is 11.6 Å². The van der Waals surface area contributed by atoms with Crippen molar-refractivity contribution in [2.45, 2.75) is 38.5 Å². The van der Waals surface area contributed by atoms with Gasteiger partial charge in [-0.3, -0.25) is 4.90 Å². The van der Waals surface area contributed by atoms with E-state index in [0.29, 0.717) is 42.1 Å². The molecule has 0 spiro atoms. The Kier molecular flexibility index (Phi) is 8.40. The SMILES string of the molecule is COCCn1c(CN2CCC(c3cccc(OCc4ccc(Cl)cc4F)n3)CC2)nc2ccc(C(=O)O)cc21. The van der Waals surface area contributed by atoms with Crippen LogP contribution in [0, 0.1) is 5.82 Å². The third-order valence-corrected chi connectivity index (χ3v) is 7.33. The highest BCUT2D eigenvalue weighted by Gasteiger charge is 2.24. The van der Waals surface area contributed by atoms with Crippen LogP contribution in [-0.2, 0) is 24.4 Å². The Morgan fingerprint density at radius 1 is 1.13 bits per heavy atom. The number of hydrogen-bond acceptors (Lipinski definition) is 6. The van der Waals surface area contributed by atoms with Crippen molar-refractivity contribution in [1.29, 1.82) is 0 Å². The van der Waals surface area contributed by atoms with E-state index in [1.165, 1.54) is 6.07 Å². The summed E-state index contributed by atoms with van der Waals surface area (Å²) >= 11 is 5.83. The van der Waals surface area contributed by atoms with E-state index in [0.717, 1.165) is 48.5 Å². The number of aromatic nitrogens is 3. The van der Waals surface area contributed by atoms with Gasteiger partial charge in [0.1, 0.15) is 18.2 Å². The predicted octanol–water partition coefficient (Wildman–Crippen LogP) is 5.53. The Balaban J connectivity index is 1.23. The lowest BCUT2D eigenvalue weighted by atomic mass is 9.93. The number of benzene rings is 2. The van der Waals surface area contributed by atoms with Crippen LogP contribution in [0.15, 0.2) is 54.6 Å². The quantitative estimate of drug-likeness (QED) is 0.277. The molecule has 10 heteroatoms. The number of nitrogens with zero attached hydrogens (tertiary/aromatic N) is 4. The number of ether oxygens (including phenoxy) is 2. The second kappa shape index (κ2) is 12.1. The fraction of sp³-hybridized carbons (Fsp3) is 0.345. The van der Waals surface area contributed by atoms with E-state index in [2.05, 4.69) is 9.47 Å². The first-order valence-electron chi connectivity index (χ1n) is 12.9. The van der Waals surface area contributed by atoms with Gasteiger partial charge in [-0.05, 0) is 62.3 Å². The summed E-state index contributed by atoms with van der Waals surface area (Å²) in [7, 11) is 1.65. The van der Waals surface area contributed by atoms with Gasteiger partial charge in [0.15, 0.2) is 0 Å². The van der Waals surface area contributed by atoms with Crippen LogP contribution in [0.5, 0.6) is 5.88 Å². The van der Waals surface area contributed by atoms with Crippen LogP contribution in [-0.4, -0.2) is 57.3 Å². The number of rotatable bonds is 10. The molecular formula is C29H30ClFN4O4. The summed E-state index contributed by atoms with van der Waals surface area (Å²) in [5.74, 6) is 0.301. The van der Waals surface area contributed by atoms with Crippen LogP contribution in [0.1, 0.15) is 46.2 Å². The molecule has 0 atom stereocenters. The number of fused-ring (bicyclic) bond motifs is 1. The Morgan fingerprint density at radius 3 is 2.69 bits per heavy atom. The molecule has 4 aromatic rings. The zero-order valence-corrected chi connectivity index (χ0v) is 22.4. The van der Waals surface area contributed by atoms with Gasteiger partial charge in [0.2, 0.25) is 5.88 Å². The summed E-state index contributed by atoms with van der Waals surface area (Å²) in [6.45, 7) is 3.60. The lowest BCUT2D eigenvalue weighted by molar-refractivity contribution is 0.0697. The molecule has 8 nitrogen and oxygen atoms in total. The molecule has 0 unspecified atom stereocenters. The molecule has 1 fully saturated rings. The molecule has 39 heavy (non-hydrogen) atoms. The highest BCUT2D eigenvalue weighted by molar-refractivity contribution is 6.30. The van der Waals surface area contributed by atoms with Gasteiger partial charge >= 0.3 is 5.97 Å². The van der Waals surface area contributed by atoms with Crippen molar-refractivity contribution in [2.75, 3.05) is 26.8 Å². The smallest absolute Gasteiger partial charge is 0.335 e. The van der Waals surface area contributed by atoms with Crippen LogP contribution < -0.4 is 4.74 Å². The Morgan fingerprint density at radius 2 is 1.95 bits per heavy atom. The van der Waals surface area contributed by atoms with Gasteiger partial charge in [0, 0.05) is 41.9 Å². The zero-order valence-electron chi connectivity index (χ0n) is 21.6. The maximum atomic E-state index is 14.1. The average Bonchev–Trinajstić information content (AvgIpc) is 3.27. The predicted molar refractivity (Wildman–Crippen MR) is 146 cm³/mol. The van der Waals surface area contributed by atoms with Gasteiger partial charge in [0.25, 0.3) is 0 Å². The molecule has 204 valence electrons. The maximum absolute atomic E-state index is 14.1. The van der Waals surface area contributed by atoms with Gasteiger partial charge in [0.05, 0.1) is 29.7 Å². The van der Waals surface area contributed by atoms with Crippen molar-refractivity contribution >= 4 is 28.6 Å². The Bertz CT molecular complexity index is 1470. The molecule has 1 N–H and O–H groups in total. The van der Waals surface area contributed by atoms with Crippen molar-refractivity contribution in [3.8, 4) is 5.88 Å². The third kappa shape index (κ3) is 6.38. The monoisotopic (exact) mass is 552 g/mol. The minimum absolute atomic E-state index is 0.0793. The molecule has 0 radical (unpaired) electrons. The Hall–Kier alpha value is -3.53. The number of hydrogen-bond donors (Lipinski definition) is 1. The molecule has 2 aromatic heterocycles. The van der Waals surface area contributed by atoms with Crippen molar-refractivity contribution in [3.05, 3.63) is 88.1 Å². The number of carbonyl (C=O) groups is 1. The van der Waals surface area contributed by atoms with Gasteiger partial charge in [-0.15, -0.1) is 0 Å². The fourth-order valence-corrected chi connectivity index (χ4v) is 5.13. The number of piperidine rings is 1. The van der Waals surface area contributed by atoms with E-state index in [1.807, 2.05) is 12.1 Å². The molecule has 1 saturated heterocycles. The van der Waals surface area contributed by atoms with Gasteiger partial charge in [-0.2, -0.15) is 0 Å². The number of aromatic carboxylic acids is 1. The van der Waals surface area contributed by atoms with Gasteiger partial charge in [-0.1, -0.05) is 23.7 Å². The first-order chi connectivity index (χ1) is 18.9. The molecule has 0 bridgehead atoms. The minimum Gasteiger partial charge on any atom is -0.478 e. The van der Waals surface area contributed by atoms with Crippen molar-refractivity contribution in [1.82, 2.24) is 19.4 Å². The molecule has 0 saturated carbocycles. The number of halogens is 2. The molecule has 0 aliphatic carbocycles. The first kappa shape index (κ1) is 27.1. The molecule has 1 aliphatic rings. The first-order valence-corrected chi connectivity index (χ1v) is 13.3. The highest BCUT2D eigenvalue weighted by Crippen LogP contribution is 2.29. The molecule has 3 heterocycles. The minimum atomic E-state index is -0.958. The molecular weight excluding hydrogens is 523 g/mol. The number of likely N-dealkylation sites (tertiary alicyclic amines) is 1. The molecule has 0 amide bonds. The number of carboxylic acid groups (broad SMARTS) is 1. The maximum Gasteiger partial charge on any atom is 0.335 e.